The number of hydrogen-bond acceptors (Lipinski definition) is 7. The van der Waals surface area contributed by atoms with Crippen molar-refractivity contribution in [2.24, 2.45) is 0 Å². The molecule has 2 N–H and O–H groups in total. The van der Waals surface area contributed by atoms with Crippen LogP contribution in [0, 0.1) is 6.92 Å². The molecule has 166 valence electrons. The molecule has 0 amide bonds. The van der Waals surface area contributed by atoms with E-state index in [1.165, 1.54) is 36.9 Å². The van der Waals surface area contributed by atoms with Crippen molar-refractivity contribution in [3.63, 3.8) is 0 Å². The number of aromatic nitrogens is 3. The van der Waals surface area contributed by atoms with E-state index in [0.717, 1.165) is 51.7 Å². The fourth-order valence-electron chi connectivity index (χ4n) is 5.22. The first-order valence-electron chi connectivity index (χ1n) is 11.3. The van der Waals surface area contributed by atoms with E-state index in [1.807, 2.05) is 4.52 Å². The fourth-order valence-corrected chi connectivity index (χ4v) is 6.37. The molecule has 0 saturated carbocycles. The summed E-state index contributed by atoms with van der Waals surface area (Å²) in [5.41, 5.74) is 10.7. The number of thiophene rings is 1. The molecule has 2 fully saturated rings. The van der Waals surface area contributed by atoms with Crippen LogP contribution >= 0.6 is 11.3 Å². The van der Waals surface area contributed by atoms with Crippen LogP contribution < -0.4 is 10.5 Å². The second-order valence-corrected chi connectivity index (χ2v) is 10.1. The number of fused-ring (bicyclic) bond motifs is 2. The maximum Gasteiger partial charge on any atom is 0.152 e. The summed E-state index contributed by atoms with van der Waals surface area (Å²) in [6, 6.07) is 9.47. The normalized spacial score (nSPS) is 18.1. The first-order valence-corrected chi connectivity index (χ1v) is 12.1. The number of ether oxygens (including phenoxy) is 1. The molecule has 7 nitrogen and oxygen atoms in total. The van der Waals surface area contributed by atoms with Crippen LogP contribution in [0.25, 0.3) is 26.0 Å². The molecule has 0 atom stereocenters. The Kier molecular flexibility index (Phi) is 4.82. The van der Waals surface area contributed by atoms with Gasteiger partial charge in [-0.25, -0.2) is 9.50 Å². The van der Waals surface area contributed by atoms with E-state index in [1.54, 1.807) is 24.8 Å². The first-order chi connectivity index (χ1) is 15.6. The average Bonchev–Trinajstić information content (AvgIpc) is 3.48. The Hall–Kier alpha value is -2.68. The zero-order chi connectivity index (χ0) is 21.8. The predicted octanol–water partition coefficient (Wildman–Crippen LogP) is 3.79. The maximum absolute atomic E-state index is 6.35. The van der Waals surface area contributed by atoms with Crippen LogP contribution in [0.15, 0.2) is 30.6 Å². The van der Waals surface area contributed by atoms with Crippen molar-refractivity contribution in [2.75, 3.05) is 39.0 Å². The fraction of sp³-hybridized carbons (Fsp3) is 0.417. The highest BCUT2D eigenvalue weighted by Crippen LogP contribution is 2.42. The third-order valence-electron chi connectivity index (χ3n) is 6.85. The van der Waals surface area contributed by atoms with Crippen LogP contribution in [-0.2, 0) is 6.54 Å². The Balaban J connectivity index is 1.36. The summed E-state index contributed by atoms with van der Waals surface area (Å²) in [7, 11) is 1.73. The van der Waals surface area contributed by atoms with Gasteiger partial charge in [-0.2, -0.15) is 5.10 Å². The van der Waals surface area contributed by atoms with Crippen molar-refractivity contribution in [3.05, 3.63) is 41.9 Å². The Labute approximate surface area is 191 Å². The number of nitrogens with zero attached hydrogens (tertiary/aromatic N) is 5. The van der Waals surface area contributed by atoms with Gasteiger partial charge < -0.3 is 10.5 Å². The number of rotatable bonds is 5. The number of hydrogen-bond donors (Lipinski definition) is 1. The number of aryl methyl sites for hydroxylation is 1. The van der Waals surface area contributed by atoms with Gasteiger partial charge in [-0.15, -0.1) is 11.3 Å². The molecule has 1 aromatic carbocycles. The minimum Gasteiger partial charge on any atom is -0.495 e. The van der Waals surface area contributed by atoms with E-state index >= 15 is 0 Å². The van der Waals surface area contributed by atoms with Crippen molar-refractivity contribution < 1.29 is 4.74 Å². The van der Waals surface area contributed by atoms with E-state index in [2.05, 4.69) is 51.1 Å². The first kappa shape index (κ1) is 20.0. The van der Waals surface area contributed by atoms with Gasteiger partial charge in [0.05, 0.1) is 17.5 Å². The average molecular weight is 449 g/mol. The van der Waals surface area contributed by atoms with Crippen LogP contribution in [0.1, 0.15) is 24.1 Å². The number of likely N-dealkylation sites (tertiary alicyclic amines) is 2. The van der Waals surface area contributed by atoms with Crippen molar-refractivity contribution in [3.8, 4) is 16.2 Å². The van der Waals surface area contributed by atoms with Gasteiger partial charge in [0.1, 0.15) is 17.6 Å². The molecular weight excluding hydrogens is 420 g/mol. The van der Waals surface area contributed by atoms with Gasteiger partial charge in [0.15, 0.2) is 5.82 Å². The molecule has 2 aliphatic rings. The lowest BCUT2D eigenvalue weighted by molar-refractivity contribution is 0.0410. The van der Waals surface area contributed by atoms with E-state index in [0.29, 0.717) is 11.9 Å². The number of anilines is 1. The SMILES string of the molecule is COc1cc(C)cc2cc(-c3cc(CN4CC(N5CCCC5)C4)n4ncnc(N)c34)sc12. The van der Waals surface area contributed by atoms with Crippen molar-refractivity contribution in [1.82, 2.24) is 24.4 Å². The van der Waals surface area contributed by atoms with E-state index in [4.69, 9.17) is 10.5 Å². The highest BCUT2D eigenvalue weighted by atomic mass is 32.1. The predicted molar refractivity (Wildman–Crippen MR) is 129 cm³/mol. The third kappa shape index (κ3) is 3.25. The van der Waals surface area contributed by atoms with Crippen LogP contribution in [0.2, 0.25) is 0 Å². The molecule has 0 unspecified atom stereocenters. The molecule has 0 spiro atoms. The van der Waals surface area contributed by atoms with Gasteiger partial charge in [-0.05, 0) is 62.0 Å². The topological polar surface area (TPSA) is 71.9 Å². The van der Waals surface area contributed by atoms with Gasteiger partial charge in [0, 0.05) is 36.1 Å². The molecule has 6 rings (SSSR count). The molecule has 2 aliphatic heterocycles. The number of nitrogen functional groups attached to an aromatic ring is 1. The van der Waals surface area contributed by atoms with Crippen LogP contribution in [0.5, 0.6) is 5.75 Å². The molecule has 0 aliphatic carbocycles. The summed E-state index contributed by atoms with van der Waals surface area (Å²) >= 11 is 1.73. The summed E-state index contributed by atoms with van der Waals surface area (Å²) in [6.45, 7) is 7.74. The highest BCUT2D eigenvalue weighted by Gasteiger charge is 2.33. The second kappa shape index (κ2) is 7.72. The van der Waals surface area contributed by atoms with Gasteiger partial charge in [0.25, 0.3) is 0 Å². The minimum absolute atomic E-state index is 0.514. The Morgan fingerprint density at radius 2 is 1.97 bits per heavy atom. The van der Waals surface area contributed by atoms with E-state index in [9.17, 15) is 0 Å². The van der Waals surface area contributed by atoms with Crippen molar-refractivity contribution in [2.45, 2.75) is 32.4 Å². The zero-order valence-corrected chi connectivity index (χ0v) is 19.4. The monoisotopic (exact) mass is 448 g/mol. The lowest BCUT2D eigenvalue weighted by Crippen LogP contribution is -2.58. The third-order valence-corrected chi connectivity index (χ3v) is 8.05. The highest BCUT2D eigenvalue weighted by molar-refractivity contribution is 7.22. The minimum atomic E-state index is 0.514. The summed E-state index contributed by atoms with van der Waals surface area (Å²) < 4.78 is 8.78. The van der Waals surface area contributed by atoms with Crippen LogP contribution in [0.3, 0.4) is 0 Å². The lowest BCUT2D eigenvalue weighted by atomic mass is 10.1. The van der Waals surface area contributed by atoms with Gasteiger partial charge in [-0.3, -0.25) is 9.80 Å². The molecule has 32 heavy (non-hydrogen) atoms. The number of nitrogens with two attached hydrogens (primary N) is 1. The standard InChI is InChI=1S/C24H28N6OS/c1-15-7-16-9-21(32-23(16)20(8-15)31-2)19-10-17(30-22(19)24(25)26-14-27-30)11-28-12-18(13-28)29-5-3-4-6-29/h7-10,14,18H,3-6,11-13H2,1-2H3,(H2,25,26,27). The molecule has 2 saturated heterocycles. The molecule has 0 radical (unpaired) electrons. The smallest absolute Gasteiger partial charge is 0.152 e. The lowest BCUT2D eigenvalue weighted by Gasteiger charge is -2.44. The molecule has 4 aromatic rings. The molecular formula is C24H28N6OS. The van der Waals surface area contributed by atoms with Gasteiger partial charge >= 0.3 is 0 Å². The second-order valence-electron chi connectivity index (χ2n) is 9.04. The molecule has 8 heteroatoms. The quantitative estimate of drug-likeness (QED) is 0.501. The Morgan fingerprint density at radius 3 is 2.75 bits per heavy atom. The Morgan fingerprint density at radius 1 is 1.16 bits per heavy atom. The summed E-state index contributed by atoms with van der Waals surface area (Å²) in [4.78, 5) is 10.6. The maximum atomic E-state index is 6.35. The molecule has 5 heterocycles. The summed E-state index contributed by atoms with van der Waals surface area (Å²) in [6.07, 6.45) is 4.24. The number of methoxy groups -OCH3 is 1. The van der Waals surface area contributed by atoms with E-state index < -0.39 is 0 Å². The van der Waals surface area contributed by atoms with Gasteiger partial charge in [0.2, 0.25) is 0 Å². The largest absolute Gasteiger partial charge is 0.495 e. The van der Waals surface area contributed by atoms with Crippen molar-refractivity contribution in [1.29, 1.82) is 0 Å². The number of benzene rings is 1. The molecule has 0 bridgehead atoms. The zero-order valence-electron chi connectivity index (χ0n) is 18.5. The summed E-state index contributed by atoms with van der Waals surface area (Å²) in [5, 5.41) is 5.76. The van der Waals surface area contributed by atoms with Crippen LogP contribution in [0.4, 0.5) is 5.82 Å². The van der Waals surface area contributed by atoms with E-state index in [-0.39, 0.29) is 0 Å². The molecule has 3 aromatic heterocycles. The summed E-state index contributed by atoms with van der Waals surface area (Å²) in [5.74, 6) is 1.43. The van der Waals surface area contributed by atoms with Crippen LogP contribution in [-0.4, -0.2) is 63.7 Å². The Bertz CT molecular complexity index is 1300. The van der Waals surface area contributed by atoms with Crippen molar-refractivity contribution >= 4 is 32.8 Å². The van der Waals surface area contributed by atoms with Gasteiger partial charge in [-0.1, -0.05) is 6.07 Å².